The third-order valence-electron chi connectivity index (χ3n) is 4.52. The SMILES string of the molecule is Cc1cc(C(=O)COC(=O)C2=NN(C)C(=O)CC2)c(C)n1-c1ccccc1. The second-order valence-corrected chi connectivity index (χ2v) is 6.42. The Morgan fingerprint density at radius 2 is 1.85 bits per heavy atom. The summed E-state index contributed by atoms with van der Waals surface area (Å²) in [6.07, 6.45) is 0.426. The van der Waals surface area contributed by atoms with Crippen LogP contribution in [0.25, 0.3) is 5.69 Å². The molecule has 0 spiro atoms. The van der Waals surface area contributed by atoms with Crippen molar-refractivity contribution in [1.29, 1.82) is 0 Å². The Hall–Kier alpha value is -3.22. The van der Waals surface area contributed by atoms with Gasteiger partial charge in [0, 0.05) is 42.5 Å². The van der Waals surface area contributed by atoms with E-state index in [1.54, 1.807) is 6.07 Å². The molecule has 0 N–H and O–H groups in total. The quantitative estimate of drug-likeness (QED) is 0.600. The molecule has 140 valence electrons. The molecule has 7 heteroatoms. The highest BCUT2D eigenvalue weighted by molar-refractivity contribution is 6.37. The first-order valence-electron chi connectivity index (χ1n) is 8.67. The van der Waals surface area contributed by atoms with Crippen molar-refractivity contribution in [3.63, 3.8) is 0 Å². The lowest BCUT2D eigenvalue weighted by atomic mass is 10.1. The molecule has 2 heterocycles. The molecule has 7 nitrogen and oxygen atoms in total. The number of hydrogen-bond donors (Lipinski definition) is 0. The molecule has 0 atom stereocenters. The van der Waals surface area contributed by atoms with Crippen LogP contribution in [-0.4, -0.2) is 46.6 Å². The zero-order chi connectivity index (χ0) is 19.6. The van der Waals surface area contributed by atoms with Crippen LogP contribution in [0.5, 0.6) is 0 Å². The molecule has 27 heavy (non-hydrogen) atoms. The van der Waals surface area contributed by atoms with E-state index in [2.05, 4.69) is 5.10 Å². The summed E-state index contributed by atoms with van der Waals surface area (Å²) in [6.45, 7) is 3.42. The second-order valence-electron chi connectivity index (χ2n) is 6.42. The van der Waals surface area contributed by atoms with Crippen LogP contribution in [0.1, 0.15) is 34.6 Å². The van der Waals surface area contributed by atoms with Gasteiger partial charge in [0.15, 0.2) is 6.61 Å². The van der Waals surface area contributed by atoms with E-state index in [1.165, 1.54) is 7.05 Å². The fraction of sp³-hybridized carbons (Fsp3) is 0.300. The lowest BCUT2D eigenvalue weighted by molar-refractivity contribution is -0.135. The molecular weight excluding hydrogens is 346 g/mol. The maximum Gasteiger partial charge on any atom is 0.354 e. The Morgan fingerprint density at radius 3 is 2.52 bits per heavy atom. The summed E-state index contributed by atoms with van der Waals surface area (Å²) in [5.74, 6) is -1.10. The largest absolute Gasteiger partial charge is 0.453 e. The first-order valence-corrected chi connectivity index (χ1v) is 8.67. The molecule has 1 aliphatic rings. The molecule has 1 amide bonds. The zero-order valence-corrected chi connectivity index (χ0v) is 15.6. The summed E-state index contributed by atoms with van der Waals surface area (Å²) in [5, 5.41) is 5.02. The molecule has 3 rings (SSSR count). The van der Waals surface area contributed by atoms with Gasteiger partial charge in [-0.05, 0) is 32.0 Å². The van der Waals surface area contributed by atoms with Gasteiger partial charge in [0.05, 0.1) is 0 Å². The van der Waals surface area contributed by atoms with Crippen LogP contribution in [0.15, 0.2) is 41.5 Å². The van der Waals surface area contributed by atoms with Gasteiger partial charge in [-0.15, -0.1) is 0 Å². The molecule has 2 aromatic rings. The van der Waals surface area contributed by atoms with Crippen molar-refractivity contribution in [2.75, 3.05) is 13.7 Å². The average molecular weight is 367 g/mol. The maximum atomic E-state index is 12.6. The van der Waals surface area contributed by atoms with Crippen molar-refractivity contribution in [3.05, 3.63) is 53.3 Å². The molecule has 0 saturated carbocycles. The van der Waals surface area contributed by atoms with Gasteiger partial charge in [-0.1, -0.05) is 18.2 Å². The normalized spacial score (nSPS) is 14.1. The van der Waals surface area contributed by atoms with Gasteiger partial charge in [0.25, 0.3) is 0 Å². The van der Waals surface area contributed by atoms with E-state index in [9.17, 15) is 14.4 Å². The molecule has 0 aliphatic carbocycles. The van der Waals surface area contributed by atoms with Crippen LogP contribution in [-0.2, 0) is 14.3 Å². The first-order chi connectivity index (χ1) is 12.9. The number of Topliss-reactive ketones (excluding diaryl/α,β-unsaturated/α-hetero) is 1. The number of amides is 1. The Balaban J connectivity index is 1.71. The van der Waals surface area contributed by atoms with Crippen LogP contribution >= 0.6 is 0 Å². The predicted molar refractivity (Wildman–Crippen MR) is 100.0 cm³/mol. The summed E-state index contributed by atoms with van der Waals surface area (Å²) in [5.41, 5.74) is 3.35. The lowest BCUT2D eigenvalue weighted by Gasteiger charge is -2.18. The third kappa shape index (κ3) is 3.81. The molecule has 0 unspecified atom stereocenters. The van der Waals surface area contributed by atoms with Crippen LogP contribution in [0.2, 0.25) is 0 Å². The Kier molecular flexibility index (Phi) is 5.21. The summed E-state index contributed by atoms with van der Waals surface area (Å²) in [6, 6.07) is 11.5. The number of aryl methyl sites for hydroxylation is 1. The minimum Gasteiger partial charge on any atom is -0.453 e. The molecule has 0 saturated heterocycles. The van der Waals surface area contributed by atoms with Crippen LogP contribution in [0.3, 0.4) is 0 Å². The standard InChI is InChI=1S/C20H21N3O4/c1-13-11-16(14(2)23(13)15-7-5-4-6-8-15)18(24)12-27-20(26)17-9-10-19(25)22(3)21-17/h4-8,11H,9-10,12H2,1-3H3. The maximum absolute atomic E-state index is 12.6. The minimum absolute atomic E-state index is 0.152. The molecule has 1 aromatic carbocycles. The number of esters is 1. The molecular formula is C20H21N3O4. The Morgan fingerprint density at radius 1 is 1.15 bits per heavy atom. The van der Waals surface area contributed by atoms with E-state index in [0.29, 0.717) is 5.56 Å². The van der Waals surface area contributed by atoms with Crippen LogP contribution in [0.4, 0.5) is 0 Å². The number of carbonyl (C=O) groups is 3. The highest BCUT2D eigenvalue weighted by atomic mass is 16.5. The van der Waals surface area contributed by atoms with Crippen molar-refractivity contribution in [2.24, 2.45) is 5.10 Å². The van der Waals surface area contributed by atoms with E-state index in [0.717, 1.165) is 22.1 Å². The van der Waals surface area contributed by atoms with Gasteiger partial charge < -0.3 is 9.30 Å². The number of benzene rings is 1. The van der Waals surface area contributed by atoms with Gasteiger partial charge in [0.2, 0.25) is 11.7 Å². The highest BCUT2D eigenvalue weighted by Gasteiger charge is 2.24. The van der Waals surface area contributed by atoms with Crippen LogP contribution in [0, 0.1) is 13.8 Å². The smallest absolute Gasteiger partial charge is 0.354 e. The number of ketones is 1. The number of nitrogens with zero attached hydrogens (tertiary/aromatic N) is 3. The van der Waals surface area contributed by atoms with E-state index >= 15 is 0 Å². The number of hydrazone groups is 1. The Labute approximate surface area is 157 Å². The van der Waals surface area contributed by atoms with E-state index in [-0.39, 0.29) is 36.9 Å². The average Bonchev–Trinajstić information content (AvgIpc) is 2.96. The molecule has 0 bridgehead atoms. The van der Waals surface area contributed by atoms with Crippen molar-refractivity contribution < 1.29 is 19.1 Å². The summed E-state index contributed by atoms with van der Waals surface area (Å²) < 4.78 is 7.11. The predicted octanol–water partition coefficient (Wildman–Crippen LogP) is 2.43. The lowest BCUT2D eigenvalue weighted by Crippen LogP contribution is -2.33. The monoisotopic (exact) mass is 367 g/mol. The number of para-hydroxylation sites is 1. The molecule has 1 aromatic heterocycles. The molecule has 0 radical (unpaired) electrons. The first kappa shape index (κ1) is 18.6. The van der Waals surface area contributed by atoms with Crippen molar-refractivity contribution in [1.82, 2.24) is 9.58 Å². The second kappa shape index (κ2) is 7.57. The minimum atomic E-state index is -0.667. The zero-order valence-electron chi connectivity index (χ0n) is 15.6. The van der Waals surface area contributed by atoms with Gasteiger partial charge in [-0.25, -0.2) is 9.80 Å². The van der Waals surface area contributed by atoms with Gasteiger partial charge in [0.1, 0.15) is 5.71 Å². The summed E-state index contributed by atoms with van der Waals surface area (Å²) >= 11 is 0. The Bertz CT molecular complexity index is 928. The summed E-state index contributed by atoms with van der Waals surface area (Å²) in [7, 11) is 1.48. The van der Waals surface area contributed by atoms with Crippen LogP contribution < -0.4 is 0 Å². The summed E-state index contributed by atoms with van der Waals surface area (Å²) in [4.78, 5) is 36.1. The highest BCUT2D eigenvalue weighted by Crippen LogP contribution is 2.21. The topological polar surface area (TPSA) is 81.0 Å². The van der Waals surface area contributed by atoms with Gasteiger partial charge in [-0.3, -0.25) is 9.59 Å². The molecule has 0 fully saturated rings. The third-order valence-corrected chi connectivity index (χ3v) is 4.52. The number of ether oxygens (including phenoxy) is 1. The molecule has 1 aliphatic heterocycles. The van der Waals surface area contributed by atoms with E-state index in [1.807, 2.05) is 48.7 Å². The van der Waals surface area contributed by atoms with Crippen molar-refractivity contribution in [2.45, 2.75) is 26.7 Å². The fourth-order valence-corrected chi connectivity index (χ4v) is 3.13. The number of hydrogen-bond acceptors (Lipinski definition) is 5. The van der Waals surface area contributed by atoms with Gasteiger partial charge in [-0.2, -0.15) is 5.10 Å². The van der Waals surface area contributed by atoms with E-state index < -0.39 is 5.97 Å². The van der Waals surface area contributed by atoms with Crippen molar-refractivity contribution in [3.8, 4) is 5.69 Å². The van der Waals surface area contributed by atoms with Crippen molar-refractivity contribution >= 4 is 23.4 Å². The fourth-order valence-electron chi connectivity index (χ4n) is 3.13. The number of rotatable bonds is 5. The van der Waals surface area contributed by atoms with E-state index in [4.69, 9.17) is 4.74 Å². The number of carbonyl (C=O) groups excluding carboxylic acids is 3. The number of aromatic nitrogens is 1. The van der Waals surface area contributed by atoms with Gasteiger partial charge >= 0.3 is 5.97 Å².